The third-order valence-electron chi connectivity index (χ3n) is 5.13. The van der Waals surface area contributed by atoms with Crippen LogP contribution < -0.4 is 0 Å². The topological polar surface area (TPSA) is 56.3 Å². The van der Waals surface area contributed by atoms with E-state index in [0.29, 0.717) is 10.7 Å². The third-order valence-corrected chi connectivity index (χ3v) is 6.76. The monoisotopic (exact) mass is 435 g/mol. The number of benzene rings is 2. The van der Waals surface area contributed by atoms with Gasteiger partial charge in [0.05, 0.1) is 22.0 Å². The summed E-state index contributed by atoms with van der Waals surface area (Å²) < 4.78 is 25.6. The first-order valence-corrected chi connectivity index (χ1v) is 11.4. The minimum atomic E-state index is -3.28. The molecule has 5 nitrogen and oxygen atoms in total. The molecule has 2 aromatic heterocycles. The molecule has 0 unspecified atom stereocenters. The van der Waals surface area contributed by atoms with Gasteiger partial charge >= 0.3 is 0 Å². The van der Waals surface area contributed by atoms with E-state index in [1.165, 1.54) is 6.26 Å². The van der Waals surface area contributed by atoms with Crippen molar-refractivity contribution in [2.45, 2.75) is 18.7 Å². The van der Waals surface area contributed by atoms with Gasteiger partial charge in [0, 0.05) is 41.7 Å². The van der Waals surface area contributed by atoms with Crippen molar-refractivity contribution in [1.82, 2.24) is 9.55 Å². The molecule has 0 amide bonds. The van der Waals surface area contributed by atoms with Crippen molar-refractivity contribution in [3.8, 4) is 16.8 Å². The fourth-order valence-corrected chi connectivity index (χ4v) is 4.33. The van der Waals surface area contributed by atoms with Crippen LogP contribution in [0, 0.1) is 20.4 Å². The van der Waals surface area contributed by atoms with E-state index >= 15 is 0 Å². The Morgan fingerprint density at radius 2 is 1.73 bits per heavy atom. The summed E-state index contributed by atoms with van der Waals surface area (Å²) >= 11 is 6.58. The van der Waals surface area contributed by atoms with Crippen LogP contribution in [0.3, 0.4) is 0 Å². The van der Waals surface area contributed by atoms with Crippen molar-refractivity contribution in [2.24, 2.45) is 0 Å². The SMILES string of the molecule is [C-]#[N+]c1cc2c(-c3cncc(C)c3Cl)cn(-c3ccc(S(C)(=O)=O)cc3)c2cc1C. The Morgan fingerprint density at radius 3 is 2.37 bits per heavy atom. The van der Waals surface area contributed by atoms with Crippen LogP contribution in [0.1, 0.15) is 11.1 Å². The molecule has 0 aliphatic rings. The van der Waals surface area contributed by atoms with Gasteiger partial charge in [-0.25, -0.2) is 13.3 Å². The maximum Gasteiger partial charge on any atom is 0.190 e. The summed E-state index contributed by atoms with van der Waals surface area (Å²) in [6.45, 7) is 11.3. The Balaban J connectivity index is 2.03. The average Bonchev–Trinajstić information content (AvgIpc) is 3.07. The van der Waals surface area contributed by atoms with Gasteiger partial charge in [0.15, 0.2) is 15.5 Å². The summed E-state index contributed by atoms with van der Waals surface area (Å²) in [5.74, 6) is 0. The summed E-state index contributed by atoms with van der Waals surface area (Å²) in [6, 6.07) is 10.6. The first-order valence-electron chi connectivity index (χ1n) is 9.15. The number of nitrogens with zero attached hydrogens (tertiary/aromatic N) is 3. The molecule has 0 fully saturated rings. The van der Waals surface area contributed by atoms with Gasteiger partial charge < -0.3 is 4.57 Å². The lowest BCUT2D eigenvalue weighted by molar-refractivity contribution is 0.602. The smallest absolute Gasteiger partial charge is 0.190 e. The third kappa shape index (κ3) is 3.36. The van der Waals surface area contributed by atoms with E-state index < -0.39 is 9.84 Å². The van der Waals surface area contributed by atoms with Gasteiger partial charge in [0.25, 0.3) is 0 Å². The minimum Gasteiger partial charge on any atom is -0.316 e. The predicted molar refractivity (Wildman–Crippen MR) is 120 cm³/mol. The van der Waals surface area contributed by atoms with E-state index in [9.17, 15) is 8.42 Å². The summed E-state index contributed by atoms with van der Waals surface area (Å²) in [5.41, 5.74) is 5.67. The molecule has 150 valence electrons. The van der Waals surface area contributed by atoms with Crippen LogP contribution in [0.25, 0.3) is 32.6 Å². The number of aromatic nitrogens is 2. The lowest BCUT2D eigenvalue weighted by Crippen LogP contribution is -1.98. The molecule has 0 bridgehead atoms. The molecule has 4 aromatic rings. The second-order valence-corrected chi connectivity index (χ2v) is 9.66. The van der Waals surface area contributed by atoms with Gasteiger partial charge in [-0.2, -0.15) is 0 Å². The maximum absolute atomic E-state index is 11.8. The highest BCUT2D eigenvalue weighted by atomic mass is 35.5. The number of fused-ring (bicyclic) bond motifs is 1. The van der Waals surface area contributed by atoms with Crippen LogP contribution in [-0.4, -0.2) is 24.2 Å². The molecule has 2 aromatic carbocycles. The molecule has 4 rings (SSSR count). The molecular formula is C23H18ClN3O2S. The van der Waals surface area contributed by atoms with Crippen molar-refractivity contribution >= 4 is 38.0 Å². The summed E-state index contributed by atoms with van der Waals surface area (Å²) in [7, 11) is -3.28. The Kier molecular flexibility index (Phi) is 4.89. The van der Waals surface area contributed by atoms with Crippen LogP contribution in [0.5, 0.6) is 0 Å². The molecule has 0 saturated carbocycles. The second kappa shape index (κ2) is 7.28. The summed E-state index contributed by atoms with van der Waals surface area (Å²) in [4.78, 5) is 8.19. The van der Waals surface area contributed by atoms with Crippen LogP contribution >= 0.6 is 11.6 Å². The molecule has 0 radical (unpaired) electrons. The predicted octanol–water partition coefficient (Wildman–Crippen LogP) is 5.92. The van der Waals surface area contributed by atoms with Crippen molar-refractivity contribution in [2.75, 3.05) is 6.26 Å². The van der Waals surface area contributed by atoms with Gasteiger partial charge in [-0.05, 0) is 66.8 Å². The van der Waals surface area contributed by atoms with Gasteiger partial charge in [0.1, 0.15) is 0 Å². The first kappa shape index (κ1) is 20.1. The number of halogens is 1. The average molecular weight is 436 g/mol. The lowest BCUT2D eigenvalue weighted by atomic mass is 10.0. The number of rotatable bonds is 3. The van der Waals surface area contributed by atoms with Gasteiger partial charge in [-0.3, -0.25) is 4.98 Å². The quantitative estimate of drug-likeness (QED) is 0.375. The van der Waals surface area contributed by atoms with Gasteiger partial charge in [-0.15, -0.1) is 0 Å². The number of sulfone groups is 1. The van der Waals surface area contributed by atoms with Crippen molar-refractivity contribution in [1.29, 1.82) is 0 Å². The summed E-state index contributed by atoms with van der Waals surface area (Å²) in [5, 5.41) is 1.49. The standard InChI is InChI=1S/C23H18ClN3O2S/c1-14-9-22-18(10-21(14)25-3)20(19-12-26-11-15(2)23(19)24)13-27(22)16-5-7-17(8-6-16)30(4,28)29/h5-13H,1-2,4H3. The number of aryl methyl sites for hydroxylation is 2. The van der Waals surface area contributed by atoms with E-state index in [1.807, 2.05) is 36.7 Å². The van der Waals surface area contributed by atoms with Crippen molar-refractivity contribution < 1.29 is 8.42 Å². The van der Waals surface area contributed by atoms with Crippen molar-refractivity contribution in [3.05, 3.63) is 82.6 Å². The largest absolute Gasteiger partial charge is 0.316 e. The zero-order valence-electron chi connectivity index (χ0n) is 16.6. The van der Waals surface area contributed by atoms with Crippen LogP contribution in [0.4, 0.5) is 5.69 Å². The molecule has 7 heteroatoms. The van der Waals surface area contributed by atoms with Crippen molar-refractivity contribution in [3.63, 3.8) is 0 Å². The highest BCUT2D eigenvalue weighted by molar-refractivity contribution is 7.90. The molecule has 0 spiro atoms. The van der Waals surface area contributed by atoms with Crippen LogP contribution in [0.2, 0.25) is 5.02 Å². The number of hydrogen-bond donors (Lipinski definition) is 0. The van der Waals surface area contributed by atoms with E-state index in [1.54, 1.807) is 36.7 Å². The van der Waals surface area contributed by atoms with Gasteiger partial charge in [0.2, 0.25) is 0 Å². The lowest BCUT2D eigenvalue weighted by Gasteiger charge is -2.08. The van der Waals surface area contributed by atoms with Crippen LogP contribution in [0.15, 0.2) is 59.9 Å². The molecule has 0 N–H and O–H groups in total. The van der Waals surface area contributed by atoms with Gasteiger partial charge in [-0.1, -0.05) is 11.6 Å². The molecule has 0 saturated heterocycles. The molecule has 0 atom stereocenters. The normalized spacial score (nSPS) is 11.6. The first-order chi connectivity index (χ1) is 14.2. The molecular weight excluding hydrogens is 418 g/mol. The highest BCUT2D eigenvalue weighted by Gasteiger charge is 2.17. The summed E-state index contributed by atoms with van der Waals surface area (Å²) in [6.07, 6.45) is 6.57. The Hall–Kier alpha value is -3.14. The van der Waals surface area contributed by atoms with Crippen LogP contribution in [-0.2, 0) is 9.84 Å². The maximum atomic E-state index is 11.8. The zero-order chi connectivity index (χ0) is 21.6. The zero-order valence-corrected chi connectivity index (χ0v) is 18.2. The van der Waals surface area contributed by atoms with E-state index in [4.69, 9.17) is 18.2 Å². The molecule has 2 heterocycles. The molecule has 0 aliphatic heterocycles. The molecule has 0 aliphatic carbocycles. The van der Waals surface area contributed by atoms with E-state index in [-0.39, 0.29) is 4.90 Å². The Morgan fingerprint density at radius 1 is 1.03 bits per heavy atom. The fourth-order valence-electron chi connectivity index (χ4n) is 3.50. The Bertz CT molecular complexity index is 1450. The molecule has 30 heavy (non-hydrogen) atoms. The Labute approximate surface area is 180 Å². The number of pyridine rings is 1. The number of hydrogen-bond acceptors (Lipinski definition) is 3. The highest BCUT2D eigenvalue weighted by Crippen LogP contribution is 2.39. The fraction of sp³-hybridized carbons (Fsp3) is 0.130. The minimum absolute atomic E-state index is 0.264. The van der Waals surface area contributed by atoms with E-state index in [0.717, 1.165) is 38.8 Å². The second-order valence-electron chi connectivity index (χ2n) is 7.26. The van der Waals surface area contributed by atoms with E-state index in [2.05, 4.69) is 9.83 Å².